The summed E-state index contributed by atoms with van der Waals surface area (Å²) in [6.07, 6.45) is 3.70. The normalized spacial score (nSPS) is 37.5. The van der Waals surface area contributed by atoms with Crippen molar-refractivity contribution in [3.8, 4) is 0 Å². The third-order valence-electron chi connectivity index (χ3n) is 3.83. The highest BCUT2D eigenvalue weighted by Crippen LogP contribution is 2.51. The van der Waals surface area contributed by atoms with E-state index in [2.05, 4.69) is 0 Å². The molecule has 2 aliphatic rings. The Morgan fingerprint density at radius 3 is 2.71 bits per heavy atom. The monoisotopic (exact) mass is 250 g/mol. The van der Waals surface area contributed by atoms with E-state index < -0.39 is 5.60 Å². The molecular formula is C14H18O2S. The van der Waals surface area contributed by atoms with Crippen molar-refractivity contribution >= 4 is 11.8 Å². The van der Waals surface area contributed by atoms with E-state index >= 15 is 0 Å². The Labute approximate surface area is 106 Å². The van der Waals surface area contributed by atoms with Crippen LogP contribution in [0.2, 0.25) is 0 Å². The number of thioether (sulfide) groups is 1. The van der Waals surface area contributed by atoms with Crippen LogP contribution in [0.5, 0.6) is 0 Å². The minimum absolute atomic E-state index is 0.122. The van der Waals surface area contributed by atoms with Crippen molar-refractivity contribution in [1.29, 1.82) is 0 Å². The smallest absolute Gasteiger partial charge is 0.116 e. The van der Waals surface area contributed by atoms with Crippen molar-refractivity contribution < 1.29 is 9.84 Å². The number of rotatable bonds is 1. The van der Waals surface area contributed by atoms with Gasteiger partial charge in [0.15, 0.2) is 0 Å². The maximum atomic E-state index is 10.9. The molecule has 2 nitrogen and oxygen atoms in total. The second-order valence-corrected chi connectivity index (χ2v) is 6.48. The van der Waals surface area contributed by atoms with Crippen molar-refractivity contribution in [3.05, 3.63) is 35.9 Å². The van der Waals surface area contributed by atoms with Crippen LogP contribution in [0, 0.1) is 0 Å². The molecule has 0 unspecified atom stereocenters. The predicted molar refractivity (Wildman–Crippen MR) is 69.9 cm³/mol. The minimum atomic E-state index is -0.698. The number of ether oxygens (including phenoxy) is 1. The SMILES string of the molecule is O[C@@]1(c2ccccc2)CCC[C@]2(C1)OCCS2. The van der Waals surface area contributed by atoms with Gasteiger partial charge in [0.2, 0.25) is 0 Å². The molecule has 1 aromatic rings. The molecule has 0 amide bonds. The molecule has 3 heteroatoms. The number of hydrogen-bond donors (Lipinski definition) is 1. The molecule has 1 N–H and O–H groups in total. The summed E-state index contributed by atoms with van der Waals surface area (Å²) < 4.78 is 5.90. The summed E-state index contributed by atoms with van der Waals surface area (Å²) in [5.41, 5.74) is 0.340. The molecule has 17 heavy (non-hydrogen) atoms. The molecule has 2 fully saturated rings. The molecule has 92 valence electrons. The first-order valence-electron chi connectivity index (χ1n) is 6.28. The fourth-order valence-electron chi connectivity index (χ4n) is 3.01. The van der Waals surface area contributed by atoms with Gasteiger partial charge < -0.3 is 9.84 Å². The zero-order valence-corrected chi connectivity index (χ0v) is 10.7. The predicted octanol–water partition coefficient (Wildman–Crippen LogP) is 2.91. The van der Waals surface area contributed by atoms with Crippen LogP contribution in [0.3, 0.4) is 0 Å². The van der Waals surface area contributed by atoms with Crippen LogP contribution in [-0.2, 0) is 10.3 Å². The summed E-state index contributed by atoms with van der Waals surface area (Å²) in [7, 11) is 0. The average molecular weight is 250 g/mol. The van der Waals surface area contributed by atoms with Crippen molar-refractivity contribution in [2.75, 3.05) is 12.4 Å². The molecule has 1 saturated heterocycles. The summed E-state index contributed by atoms with van der Waals surface area (Å²) >= 11 is 1.88. The van der Waals surface area contributed by atoms with Crippen molar-refractivity contribution in [2.24, 2.45) is 0 Å². The maximum absolute atomic E-state index is 10.9. The van der Waals surface area contributed by atoms with Crippen molar-refractivity contribution in [3.63, 3.8) is 0 Å². The van der Waals surface area contributed by atoms with Crippen LogP contribution in [0.15, 0.2) is 30.3 Å². The van der Waals surface area contributed by atoms with Crippen LogP contribution in [0.1, 0.15) is 31.2 Å². The Morgan fingerprint density at radius 1 is 1.18 bits per heavy atom. The lowest BCUT2D eigenvalue weighted by Crippen LogP contribution is -2.41. The number of aliphatic hydroxyl groups is 1. The third kappa shape index (κ3) is 2.12. The molecule has 2 atom stereocenters. The Kier molecular flexibility index (Phi) is 2.93. The van der Waals surface area contributed by atoms with Gasteiger partial charge in [0, 0.05) is 12.2 Å². The lowest BCUT2D eigenvalue weighted by atomic mass is 9.78. The van der Waals surface area contributed by atoms with E-state index in [0.717, 1.165) is 43.6 Å². The van der Waals surface area contributed by atoms with E-state index in [1.54, 1.807) is 0 Å². The molecule has 1 aliphatic heterocycles. The Bertz CT molecular complexity index is 386. The van der Waals surface area contributed by atoms with Crippen LogP contribution in [0.4, 0.5) is 0 Å². The van der Waals surface area contributed by atoms with Gasteiger partial charge in [0.1, 0.15) is 4.93 Å². The summed E-state index contributed by atoms with van der Waals surface area (Å²) in [6, 6.07) is 10.0. The van der Waals surface area contributed by atoms with E-state index in [0.29, 0.717) is 0 Å². The molecule has 1 saturated carbocycles. The summed E-state index contributed by atoms with van der Waals surface area (Å²) in [6.45, 7) is 0.829. The Balaban J connectivity index is 1.87. The zero-order valence-electron chi connectivity index (χ0n) is 9.89. The van der Waals surface area contributed by atoms with Crippen LogP contribution in [0.25, 0.3) is 0 Å². The van der Waals surface area contributed by atoms with E-state index in [4.69, 9.17) is 4.74 Å². The number of benzene rings is 1. The fourth-order valence-corrected chi connectivity index (χ4v) is 4.35. The molecule has 0 bridgehead atoms. The van der Waals surface area contributed by atoms with E-state index in [1.807, 2.05) is 42.1 Å². The van der Waals surface area contributed by atoms with Crippen molar-refractivity contribution in [2.45, 2.75) is 36.2 Å². The van der Waals surface area contributed by atoms with Gasteiger partial charge in [0.25, 0.3) is 0 Å². The maximum Gasteiger partial charge on any atom is 0.116 e. The first-order chi connectivity index (χ1) is 8.23. The van der Waals surface area contributed by atoms with Crippen LogP contribution >= 0.6 is 11.8 Å². The van der Waals surface area contributed by atoms with Gasteiger partial charge in [-0.1, -0.05) is 30.3 Å². The highest BCUT2D eigenvalue weighted by molar-refractivity contribution is 8.00. The van der Waals surface area contributed by atoms with Gasteiger partial charge in [-0.3, -0.25) is 0 Å². The highest BCUT2D eigenvalue weighted by Gasteiger charge is 2.47. The first kappa shape index (κ1) is 11.6. The van der Waals surface area contributed by atoms with Gasteiger partial charge in [-0.2, -0.15) is 0 Å². The van der Waals surface area contributed by atoms with Crippen molar-refractivity contribution in [1.82, 2.24) is 0 Å². The van der Waals surface area contributed by atoms with Crippen LogP contribution in [-0.4, -0.2) is 22.4 Å². The fraction of sp³-hybridized carbons (Fsp3) is 0.571. The van der Waals surface area contributed by atoms with Gasteiger partial charge in [0.05, 0.1) is 12.2 Å². The van der Waals surface area contributed by atoms with E-state index in [9.17, 15) is 5.11 Å². The third-order valence-corrected chi connectivity index (χ3v) is 5.20. The molecule has 0 radical (unpaired) electrons. The first-order valence-corrected chi connectivity index (χ1v) is 7.27. The lowest BCUT2D eigenvalue weighted by molar-refractivity contribution is -0.0829. The van der Waals surface area contributed by atoms with Gasteiger partial charge in [-0.15, -0.1) is 11.8 Å². The molecule has 1 aromatic carbocycles. The van der Waals surface area contributed by atoms with Gasteiger partial charge in [-0.25, -0.2) is 0 Å². The highest BCUT2D eigenvalue weighted by atomic mass is 32.2. The summed E-state index contributed by atoms with van der Waals surface area (Å²) in [4.78, 5) is -0.122. The second-order valence-electron chi connectivity index (χ2n) is 5.04. The zero-order chi connectivity index (χ0) is 11.8. The van der Waals surface area contributed by atoms with E-state index in [-0.39, 0.29) is 4.93 Å². The van der Waals surface area contributed by atoms with Crippen LogP contribution < -0.4 is 0 Å². The molecule has 1 spiro atoms. The molecule has 1 aliphatic carbocycles. The molecule has 3 rings (SSSR count). The minimum Gasteiger partial charge on any atom is -0.385 e. The standard InChI is InChI=1S/C14H18O2S/c15-13(12-5-2-1-3-6-12)7-4-8-14(11-13)16-9-10-17-14/h1-3,5-6,15H,4,7-11H2/t13-,14-/m0/s1. The van der Waals surface area contributed by atoms with Gasteiger partial charge in [-0.05, 0) is 24.8 Å². The van der Waals surface area contributed by atoms with E-state index in [1.165, 1.54) is 0 Å². The summed E-state index contributed by atoms with van der Waals surface area (Å²) in [5.74, 6) is 1.06. The number of hydrogen-bond acceptors (Lipinski definition) is 3. The lowest BCUT2D eigenvalue weighted by Gasteiger charge is -2.42. The topological polar surface area (TPSA) is 29.5 Å². The molecule has 1 heterocycles. The summed E-state index contributed by atoms with van der Waals surface area (Å²) in [5, 5.41) is 10.9. The quantitative estimate of drug-likeness (QED) is 0.831. The largest absolute Gasteiger partial charge is 0.385 e. The Hall–Kier alpha value is -0.510. The molecular weight excluding hydrogens is 232 g/mol. The Morgan fingerprint density at radius 2 is 2.00 bits per heavy atom. The second kappa shape index (κ2) is 4.30. The average Bonchev–Trinajstić information content (AvgIpc) is 2.78. The molecule has 0 aromatic heterocycles. The van der Waals surface area contributed by atoms with Gasteiger partial charge >= 0.3 is 0 Å².